The maximum Gasteiger partial charge on any atom is 0.433 e. The van der Waals surface area contributed by atoms with Gasteiger partial charge in [0.05, 0.1) is 24.4 Å². The number of aromatic nitrogens is 3. The fourth-order valence-electron chi connectivity index (χ4n) is 4.83. The number of nitrogens with one attached hydrogen (secondary N) is 1. The number of amides is 2. The third-order valence-corrected chi connectivity index (χ3v) is 6.95. The van der Waals surface area contributed by atoms with E-state index in [-0.39, 0.29) is 23.8 Å². The first-order chi connectivity index (χ1) is 19.3. The molecule has 2 saturated heterocycles. The molecule has 0 spiro atoms. The molecule has 214 valence electrons. The lowest BCUT2D eigenvalue weighted by molar-refractivity contribution is -0.141. The molecule has 0 saturated carbocycles. The average Bonchev–Trinajstić information content (AvgIpc) is 3.34. The van der Waals surface area contributed by atoms with E-state index in [9.17, 15) is 22.8 Å². The van der Waals surface area contributed by atoms with Gasteiger partial charge < -0.3 is 19.7 Å². The Bertz CT molecular complexity index is 1350. The number of pyridine rings is 1. The largest absolute Gasteiger partial charge is 0.490 e. The minimum atomic E-state index is -4.68. The predicted octanol–water partition coefficient (Wildman–Crippen LogP) is 3.43. The molecule has 0 aliphatic carbocycles. The van der Waals surface area contributed by atoms with Crippen LogP contribution >= 0.6 is 0 Å². The van der Waals surface area contributed by atoms with Crippen LogP contribution in [0.1, 0.15) is 35.4 Å². The summed E-state index contributed by atoms with van der Waals surface area (Å²) < 4.78 is 52.3. The number of halogens is 3. The molecule has 0 unspecified atom stereocenters. The lowest BCUT2D eigenvalue weighted by Gasteiger charge is -2.26. The van der Waals surface area contributed by atoms with Crippen molar-refractivity contribution in [2.75, 3.05) is 57.9 Å². The van der Waals surface area contributed by atoms with Crippen molar-refractivity contribution in [3.8, 4) is 5.75 Å². The van der Waals surface area contributed by atoms with Gasteiger partial charge in [0.1, 0.15) is 30.3 Å². The molecule has 0 bridgehead atoms. The molecular weight excluding hydrogens is 529 g/mol. The van der Waals surface area contributed by atoms with E-state index in [1.807, 2.05) is 0 Å². The number of carbonyl (C=O) groups excluding carboxylic acids is 2. The third-order valence-electron chi connectivity index (χ3n) is 6.95. The van der Waals surface area contributed by atoms with Crippen LogP contribution in [0.4, 0.5) is 18.9 Å². The molecule has 3 aromatic rings. The Hall–Kier alpha value is -3.71. The highest BCUT2D eigenvalue weighted by Crippen LogP contribution is 2.31. The number of hydrogen-bond donors (Lipinski definition) is 1. The summed E-state index contributed by atoms with van der Waals surface area (Å²) in [5.74, 6) is -0.561. The Morgan fingerprint density at radius 2 is 1.82 bits per heavy atom. The molecule has 0 radical (unpaired) electrons. The summed E-state index contributed by atoms with van der Waals surface area (Å²) in [5, 5.41) is 7.81. The summed E-state index contributed by atoms with van der Waals surface area (Å²) in [6, 6.07) is 6.47. The smallest absolute Gasteiger partial charge is 0.433 e. The van der Waals surface area contributed by atoms with Crippen LogP contribution in [0.3, 0.4) is 0 Å². The van der Waals surface area contributed by atoms with E-state index in [0.29, 0.717) is 56.1 Å². The van der Waals surface area contributed by atoms with Crippen molar-refractivity contribution in [1.82, 2.24) is 24.6 Å². The minimum absolute atomic E-state index is 0.0374. The van der Waals surface area contributed by atoms with E-state index in [1.54, 1.807) is 23.2 Å². The van der Waals surface area contributed by atoms with Crippen LogP contribution in [-0.2, 0) is 22.3 Å². The fraction of sp³-hybridized carbons (Fsp3) is 0.481. The van der Waals surface area contributed by atoms with Crippen LogP contribution in [0.15, 0.2) is 36.5 Å². The van der Waals surface area contributed by atoms with Gasteiger partial charge in [-0.15, -0.1) is 0 Å². The maximum atomic E-state index is 13.1. The van der Waals surface area contributed by atoms with Crippen LogP contribution in [0.2, 0.25) is 0 Å². The Morgan fingerprint density at radius 1 is 1.05 bits per heavy atom. The SMILES string of the molecule is O=C(Nc1cc2cn(CC(=O)N3CCOCC3)nc2cc1OCCN1CCCCC1)c1cccc(C(F)(F)F)n1. The van der Waals surface area contributed by atoms with Gasteiger partial charge in [0.2, 0.25) is 5.91 Å². The number of likely N-dealkylation sites (tertiary alicyclic amines) is 1. The molecule has 1 aromatic carbocycles. The zero-order chi connectivity index (χ0) is 28.1. The van der Waals surface area contributed by atoms with Gasteiger partial charge in [-0.25, -0.2) is 4.98 Å². The van der Waals surface area contributed by atoms with E-state index >= 15 is 0 Å². The van der Waals surface area contributed by atoms with Crippen molar-refractivity contribution in [3.05, 3.63) is 47.9 Å². The Kier molecular flexibility index (Phi) is 8.50. The quantitative estimate of drug-likeness (QED) is 0.451. The molecule has 2 amide bonds. The number of piperidine rings is 1. The highest BCUT2D eigenvalue weighted by atomic mass is 19.4. The summed E-state index contributed by atoms with van der Waals surface area (Å²) >= 11 is 0. The van der Waals surface area contributed by atoms with Crippen LogP contribution < -0.4 is 10.1 Å². The van der Waals surface area contributed by atoms with Gasteiger partial charge in [0, 0.05) is 37.3 Å². The number of alkyl halides is 3. The van der Waals surface area contributed by atoms with Crippen molar-refractivity contribution in [2.24, 2.45) is 0 Å². The van der Waals surface area contributed by atoms with E-state index in [2.05, 4.69) is 20.3 Å². The minimum Gasteiger partial charge on any atom is -0.490 e. The van der Waals surface area contributed by atoms with Gasteiger partial charge in [0.25, 0.3) is 5.91 Å². The third kappa shape index (κ3) is 6.89. The van der Waals surface area contributed by atoms with Gasteiger partial charge in [-0.3, -0.25) is 19.2 Å². The Balaban J connectivity index is 1.37. The predicted molar refractivity (Wildman–Crippen MR) is 140 cm³/mol. The lowest BCUT2D eigenvalue weighted by atomic mass is 10.1. The average molecular weight is 561 g/mol. The molecular formula is C27H31F3N6O4. The standard InChI is InChI=1S/C27H31F3N6O4/c28-27(29,30)24-6-4-5-20(31-24)26(38)32-22-15-19-17-36(18-25(37)35-10-12-39-13-11-35)33-21(19)16-23(22)40-14-9-34-7-2-1-3-8-34/h4-6,15-17H,1-3,7-14,18H2,(H,32,38). The number of hydrogen-bond acceptors (Lipinski definition) is 7. The number of carbonyl (C=O) groups is 2. The van der Waals surface area contributed by atoms with Crippen LogP contribution in [0, 0.1) is 0 Å². The lowest BCUT2D eigenvalue weighted by Crippen LogP contribution is -2.42. The van der Waals surface area contributed by atoms with Gasteiger partial charge in [-0.05, 0) is 44.1 Å². The summed E-state index contributed by atoms with van der Waals surface area (Å²) in [7, 11) is 0. The normalized spacial score (nSPS) is 16.7. The molecule has 1 N–H and O–H groups in total. The molecule has 40 heavy (non-hydrogen) atoms. The molecule has 0 atom stereocenters. The van der Waals surface area contributed by atoms with E-state index in [1.165, 1.54) is 17.2 Å². The first kappa shape index (κ1) is 27.8. The zero-order valence-corrected chi connectivity index (χ0v) is 22.0. The van der Waals surface area contributed by atoms with Gasteiger partial charge >= 0.3 is 6.18 Å². The molecule has 2 fully saturated rings. The summed E-state index contributed by atoms with van der Waals surface area (Å²) in [6.45, 7) is 5.11. The number of ether oxygens (including phenoxy) is 2. The first-order valence-corrected chi connectivity index (χ1v) is 13.3. The zero-order valence-electron chi connectivity index (χ0n) is 22.0. The monoisotopic (exact) mass is 560 g/mol. The molecule has 4 heterocycles. The molecule has 2 aromatic heterocycles. The summed E-state index contributed by atoms with van der Waals surface area (Å²) in [4.78, 5) is 33.2. The second-order valence-corrected chi connectivity index (χ2v) is 9.84. The molecule has 5 rings (SSSR count). The van der Waals surface area contributed by atoms with E-state index in [4.69, 9.17) is 9.47 Å². The van der Waals surface area contributed by atoms with Gasteiger partial charge in [-0.1, -0.05) is 12.5 Å². The van der Waals surface area contributed by atoms with Crippen molar-refractivity contribution in [1.29, 1.82) is 0 Å². The highest BCUT2D eigenvalue weighted by molar-refractivity contribution is 6.05. The Labute approximate surface area is 229 Å². The highest BCUT2D eigenvalue weighted by Gasteiger charge is 2.33. The first-order valence-electron chi connectivity index (χ1n) is 13.3. The summed E-state index contributed by atoms with van der Waals surface area (Å²) in [6.07, 6.45) is 0.495. The number of rotatable bonds is 8. The fourth-order valence-corrected chi connectivity index (χ4v) is 4.83. The number of anilines is 1. The number of morpholine rings is 1. The van der Waals surface area contributed by atoms with Crippen LogP contribution in [-0.4, -0.2) is 88.9 Å². The maximum absolute atomic E-state index is 13.1. The molecule has 10 nitrogen and oxygen atoms in total. The van der Waals surface area contributed by atoms with Crippen molar-refractivity contribution < 1.29 is 32.2 Å². The van der Waals surface area contributed by atoms with Crippen molar-refractivity contribution in [2.45, 2.75) is 32.0 Å². The topological polar surface area (TPSA) is 102 Å². The van der Waals surface area contributed by atoms with Crippen LogP contribution in [0.5, 0.6) is 5.75 Å². The number of benzene rings is 1. The summed E-state index contributed by atoms with van der Waals surface area (Å²) in [5.41, 5.74) is -0.701. The van der Waals surface area contributed by atoms with Gasteiger partial charge in [0.15, 0.2) is 0 Å². The van der Waals surface area contributed by atoms with E-state index < -0.39 is 17.8 Å². The molecule has 2 aliphatic rings. The number of nitrogens with zero attached hydrogens (tertiary/aromatic N) is 5. The Morgan fingerprint density at radius 3 is 2.58 bits per heavy atom. The van der Waals surface area contributed by atoms with Crippen molar-refractivity contribution >= 4 is 28.4 Å². The second kappa shape index (κ2) is 12.2. The van der Waals surface area contributed by atoms with Gasteiger partial charge in [-0.2, -0.15) is 18.3 Å². The number of fused-ring (bicyclic) bond motifs is 1. The molecule has 13 heteroatoms. The second-order valence-electron chi connectivity index (χ2n) is 9.84. The molecule has 2 aliphatic heterocycles. The van der Waals surface area contributed by atoms with Crippen LogP contribution in [0.25, 0.3) is 10.9 Å². The van der Waals surface area contributed by atoms with Crippen molar-refractivity contribution in [3.63, 3.8) is 0 Å². The van der Waals surface area contributed by atoms with E-state index in [0.717, 1.165) is 38.1 Å².